The summed E-state index contributed by atoms with van der Waals surface area (Å²) in [5, 5.41) is 14.8. The fourth-order valence-electron chi connectivity index (χ4n) is 0. The third kappa shape index (κ3) is 6100000. The minimum absolute atomic E-state index is 0. The average molecular weight is 300 g/mol. The Morgan fingerprint density at radius 2 is 0.562 bits per heavy atom. The number of nitrogens with zero attached hydrogens (tertiary/aromatic N) is 1. The molecule has 2 radical (unpaired) electrons. The van der Waals surface area contributed by atoms with Gasteiger partial charge >= 0.3 is 0 Å². The molecule has 0 heterocycles. The first-order valence-corrected chi connectivity index (χ1v) is 0.548. The van der Waals surface area contributed by atoms with Gasteiger partial charge in [-0.25, -0.2) is 0 Å². The van der Waals surface area contributed by atoms with Crippen molar-refractivity contribution in [3.8, 4) is 0 Å². The molecule has 0 saturated heterocycles. The van der Waals surface area contributed by atoms with Gasteiger partial charge in [-0.15, -0.1) is 0 Å². The summed E-state index contributed by atoms with van der Waals surface area (Å²) in [5.41, 5.74) is 0. The van der Waals surface area contributed by atoms with Gasteiger partial charge in [-0.2, -0.15) is 0 Å². The smallest absolute Gasteiger partial charge is 0.0689 e. The largest absolute Gasteiger partial charge is 0.412 e. The molecule has 0 aliphatic carbocycles. The first-order chi connectivity index (χ1) is 1.73. The van der Waals surface area contributed by atoms with E-state index in [1.54, 1.807) is 0 Å². The average Bonchev–Trinajstić information content (AvgIpc) is 0.811. The van der Waals surface area contributed by atoms with E-state index in [0.29, 0.717) is 0 Å². The third-order valence-electron chi connectivity index (χ3n) is 0. The van der Waals surface area contributed by atoms with Crippen LogP contribution in [-0.4, -0.2) is 97.6 Å². The Morgan fingerprint density at radius 3 is 0.562 bits per heavy atom. The quantitative estimate of drug-likeness (QED) is 0.258. The van der Waals surface area contributed by atoms with Crippen LogP contribution in [-0.2, 0) is 0 Å². The van der Waals surface area contributed by atoms with Crippen molar-refractivity contribution in [1.82, 2.24) is 6.15 Å². The molecule has 0 saturated carbocycles. The van der Waals surface area contributed by atoms with Gasteiger partial charge in [0, 0.05) is 37.7 Å². The fraction of sp³-hybridized carbons (Fsp3) is 0. The summed E-state index contributed by atoms with van der Waals surface area (Å²) >= 11 is 0. The Bertz CT molecular complexity index is 36.9. The van der Waals surface area contributed by atoms with E-state index in [-0.39, 0.29) is 98.7 Å². The summed E-state index contributed by atoms with van der Waals surface area (Å²) in [6, 6.07) is 0. The SMILES string of the molecule is O.O.O.O.O.O.O.O.O.O.O=[N+]([O-])[O-].[Ca].[NH4+]. The first kappa shape index (κ1) is 396. The molecule has 0 atom stereocenters. The van der Waals surface area contributed by atoms with E-state index in [1.165, 1.54) is 0 Å². The molecule has 0 amide bonds. The molecular weight excluding hydrogens is 276 g/mol. The molecule has 0 aromatic heterocycles. The van der Waals surface area contributed by atoms with Crippen LogP contribution >= 0.6 is 0 Å². The van der Waals surface area contributed by atoms with E-state index in [0.717, 1.165) is 0 Å². The number of rotatable bonds is 0. The Labute approximate surface area is 119 Å². The van der Waals surface area contributed by atoms with E-state index in [4.69, 9.17) is 15.3 Å². The van der Waals surface area contributed by atoms with Crippen LogP contribution in [0.2, 0.25) is 0 Å². The zero-order valence-electron chi connectivity index (χ0n) is 8.38. The van der Waals surface area contributed by atoms with Crippen molar-refractivity contribution in [2.24, 2.45) is 0 Å². The number of hydrogen-bond acceptors (Lipinski definition) is 3. The standard InChI is InChI=1S/Ca.NO3.H3N.10H2O/c;2-1(3)4;;;;;;;;;;;/h;;1H3;10*1H2/q;-1;;;;;;;;;;;/p+1. The molecule has 16 heavy (non-hydrogen) atoms. The van der Waals surface area contributed by atoms with Crippen LogP contribution in [0, 0.1) is 15.3 Å². The molecule has 0 rings (SSSR count). The second-order valence-electron chi connectivity index (χ2n) is 0.224. The normalized spacial score (nSPS) is 1.50. The molecule has 0 aliphatic rings. The summed E-state index contributed by atoms with van der Waals surface area (Å²) in [6.45, 7) is 0. The van der Waals surface area contributed by atoms with Gasteiger partial charge in [-0.3, -0.25) is 0 Å². The minimum atomic E-state index is -1.75. The molecule has 0 fully saturated rings. The second kappa shape index (κ2) is 324. The van der Waals surface area contributed by atoms with Crippen molar-refractivity contribution < 1.29 is 59.8 Å². The summed E-state index contributed by atoms with van der Waals surface area (Å²) < 4.78 is 0. The Kier molecular flexibility index (Phi) is 8020. The van der Waals surface area contributed by atoms with Crippen molar-refractivity contribution in [2.45, 2.75) is 0 Å². The van der Waals surface area contributed by atoms with Gasteiger partial charge in [-0.05, 0) is 0 Å². The summed E-state index contributed by atoms with van der Waals surface area (Å²) in [7, 11) is 0. The predicted molar refractivity (Wildman–Crippen MR) is 58.2 cm³/mol. The van der Waals surface area contributed by atoms with Gasteiger partial charge in [0.15, 0.2) is 0 Å². The van der Waals surface area contributed by atoms with Crippen molar-refractivity contribution >= 4 is 37.7 Å². The van der Waals surface area contributed by atoms with Crippen LogP contribution in [0.15, 0.2) is 0 Å². The van der Waals surface area contributed by atoms with Gasteiger partial charge in [0.1, 0.15) is 0 Å². The van der Waals surface area contributed by atoms with Gasteiger partial charge < -0.3 is 76.2 Å². The minimum Gasteiger partial charge on any atom is -0.412 e. The third-order valence-corrected chi connectivity index (χ3v) is 0. The van der Waals surface area contributed by atoms with Crippen LogP contribution in [0.3, 0.4) is 0 Å². The summed E-state index contributed by atoms with van der Waals surface area (Å²) in [5.74, 6) is 0. The van der Waals surface area contributed by atoms with Crippen LogP contribution < -0.4 is 6.15 Å². The number of quaternary nitrogens is 1. The molecule has 24 N–H and O–H groups in total. The fourth-order valence-corrected chi connectivity index (χ4v) is 0. The topological polar surface area (TPSA) is 418 Å². The monoisotopic (exact) mass is 300 g/mol. The molecule has 114 valence electrons. The van der Waals surface area contributed by atoms with E-state index < -0.39 is 5.09 Å². The maximum atomic E-state index is 8.25. The van der Waals surface area contributed by atoms with Crippen molar-refractivity contribution in [2.75, 3.05) is 0 Å². The Balaban J connectivity index is -0.000000000682. The number of hydrogen-bond donors (Lipinski definition) is 1. The first-order valence-electron chi connectivity index (χ1n) is 0.548. The van der Waals surface area contributed by atoms with Crippen molar-refractivity contribution in [3.05, 3.63) is 15.3 Å². The second-order valence-corrected chi connectivity index (χ2v) is 0.224. The molecule has 0 unspecified atom stereocenters. The zero-order chi connectivity index (χ0) is 3.58. The molecule has 0 bridgehead atoms. The maximum Gasteiger partial charge on any atom is 0.0689 e. The molecule has 15 nitrogen and oxygen atoms in total. The summed E-state index contributed by atoms with van der Waals surface area (Å²) in [6.07, 6.45) is 0. The van der Waals surface area contributed by atoms with E-state index >= 15 is 0 Å². The van der Waals surface area contributed by atoms with Gasteiger partial charge in [0.2, 0.25) is 0 Å². The Morgan fingerprint density at radius 1 is 0.562 bits per heavy atom. The van der Waals surface area contributed by atoms with Gasteiger partial charge in [0.25, 0.3) is 0 Å². The van der Waals surface area contributed by atoms with E-state index in [2.05, 4.69) is 0 Å². The molecular formula is H24CaN2O13. The molecule has 0 aromatic carbocycles. The van der Waals surface area contributed by atoms with Crippen molar-refractivity contribution in [1.29, 1.82) is 0 Å². The maximum absolute atomic E-state index is 8.25. The van der Waals surface area contributed by atoms with E-state index in [9.17, 15) is 0 Å². The van der Waals surface area contributed by atoms with Crippen molar-refractivity contribution in [3.63, 3.8) is 0 Å². The summed E-state index contributed by atoms with van der Waals surface area (Å²) in [4.78, 5) is 8.25. The molecule has 0 spiro atoms. The van der Waals surface area contributed by atoms with Crippen LogP contribution in [0.5, 0.6) is 0 Å². The molecule has 16 heteroatoms. The predicted octanol–water partition coefficient (Wildman–Crippen LogP) is -8.49. The van der Waals surface area contributed by atoms with Gasteiger partial charge in [0.05, 0.1) is 5.09 Å². The van der Waals surface area contributed by atoms with Gasteiger partial charge in [-0.1, -0.05) is 0 Å². The zero-order valence-corrected chi connectivity index (χ0v) is 10.6. The molecule has 0 aromatic rings. The van der Waals surface area contributed by atoms with Crippen LogP contribution in [0.25, 0.3) is 0 Å². The van der Waals surface area contributed by atoms with E-state index in [1.807, 2.05) is 0 Å². The Hall–Kier alpha value is 0.0197. The molecule has 0 aliphatic heterocycles. The van der Waals surface area contributed by atoms with Crippen LogP contribution in [0.1, 0.15) is 0 Å². The van der Waals surface area contributed by atoms with Crippen LogP contribution in [0.4, 0.5) is 0 Å².